The molecule has 1 aromatic heterocycles. The van der Waals surface area contributed by atoms with Crippen molar-refractivity contribution in [2.24, 2.45) is 0 Å². The maximum atomic E-state index is 12.1. The molecule has 0 radical (unpaired) electrons. The molecular formula is C19H22N2O5. The van der Waals surface area contributed by atoms with Gasteiger partial charge >= 0.3 is 5.97 Å². The molecule has 0 saturated carbocycles. The van der Waals surface area contributed by atoms with Gasteiger partial charge in [0.15, 0.2) is 6.10 Å². The number of nitrogens with one attached hydrogen (secondary N) is 1. The molecule has 138 valence electrons. The number of carbonyl (C=O) groups is 2. The first-order valence-electron chi connectivity index (χ1n) is 8.16. The fraction of sp³-hybridized carbons (Fsp3) is 0.316. The Balaban J connectivity index is 1.90. The predicted octanol–water partition coefficient (Wildman–Crippen LogP) is 2.72. The molecule has 2 aromatic rings. The molecule has 0 aliphatic rings. The van der Waals surface area contributed by atoms with Crippen molar-refractivity contribution in [3.05, 3.63) is 59.5 Å². The van der Waals surface area contributed by atoms with Crippen LogP contribution in [-0.4, -0.2) is 29.7 Å². The topological polar surface area (TPSA) is 90.7 Å². The van der Waals surface area contributed by atoms with E-state index >= 15 is 0 Å². The largest absolute Gasteiger partial charge is 0.489 e. The highest BCUT2D eigenvalue weighted by Gasteiger charge is 2.18. The van der Waals surface area contributed by atoms with Gasteiger partial charge < -0.3 is 19.3 Å². The smallest absolute Gasteiger partial charge is 0.338 e. The first-order chi connectivity index (χ1) is 12.4. The summed E-state index contributed by atoms with van der Waals surface area (Å²) in [5.74, 6) is 0.353. The van der Waals surface area contributed by atoms with Crippen LogP contribution in [0.5, 0.6) is 5.75 Å². The SMILES string of the molecule is C=CCNC(=O)C(C)OC(=O)c1ccc(OCc2c(C)noc2C)cc1. The number of esters is 1. The highest BCUT2D eigenvalue weighted by molar-refractivity contribution is 5.92. The third kappa shape index (κ3) is 4.95. The molecule has 1 unspecified atom stereocenters. The first kappa shape index (κ1) is 19.2. The van der Waals surface area contributed by atoms with Crippen LogP contribution in [0.25, 0.3) is 0 Å². The number of benzene rings is 1. The molecule has 26 heavy (non-hydrogen) atoms. The van der Waals surface area contributed by atoms with Gasteiger partial charge in [-0.05, 0) is 45.0 Å². The van der Waals surface area contributed by atoms with Gasteiger partial charge in [0.25, 0.3) is 5.91 Å². The molecule has 0 aliphatic heterocycles. The van der Waals surface area contributed by atoms with Crippen LogP contribution in [0.2, 0.25) is 0 Å². The number of hydrogen-bond acceptors (Lipinski definition) is 6. The molecule has 0 aliphatic carbocycles. The molecular weight excluding hydrogens is 336 g/mol. The number of hydrogen-bond donors (Lipinski definition) is 1. The quantitative estimate of drug-likeness (QED) is 0.576. The Bertz CT molecular complexity index is 760. The summed E-state index contributed by atoms with van der Waals surface area (Å²) >= 11 is 0. The lowest BCUT2D eigenvalue weighted by molar-refractivity contribution is -0.128. The molecule has 0 bridgehead atoms. The lowest BCUT2D eigenvalue weighted by Gasteiger charge is -2.13. The maximum absolute atomic E-state index is 12.1. The van der Waals surface area contributed by atoms with Gasteiger partial charge in [0.05, 0.1) is 16.8 Å². The van der Waals surface area contributed by atoms with E-state index in [1.165, 1.54) is 6.92 Å². The number of aromatic nitrogens is 1. The number of rotatable bonds is 8. The highest BCUT2D eigenvalue weighted by Crippen LogP contribution is 2.18. The van der Waals surface area contributed by atoms with Gasteiger partial charge in [-0.25, -0.2) is 4.79 Å². The van der Waals surface area contributed by atoms with Gasteiger partial charge in [-0.3, -0.25) is 4.79 Å². The third-order valence-corrected chi connectivity index (χ3v) is 3.73. The summed E-state index contributed by atoms with van der Waals surface area (Å²) in [4.78, 5) is 23.8. The molecule has 0 fully saturated rings. The highest BCUT2D eigenvalue weighted by atomic mass is 16.5. The van der Waals surface area contributed by atoms with Gasteiger partial charge in [-0.15, -0.1) is 6.58 Å². The zero-order valence-corrected chi connectivity index (χ0v) is 15.1. The van der Waals surface area contributed by atoms with E-state index in [1.807, 2.05) is 13.8 Å². The number of nitrogens with zero attached hydrogens (tertiary/aromatic N) is 1. The Hall–Kier alpha value is -3.09. The molecule has 7 heteroatoms. The van der Waals surface area contributed by atoms with E-state index in [1.54, 1.807) is 30.3 Å². The van der Waals surface area contributed by atoms with Crippen molar-refractivity contribution in [3.63, 3.8) is 0 Å². The minimum Gasteiger partial charge on any atom is -0.489 e. The van der Waals surface area contributed by atoms with E-state index in [2.05, 4.69) is 17.1 Å². The predicted molar refractivity (Wildman–Crippen MR) is 94.8 cm³/mol. The Morgan fingerprint density at radius 3 is 2.58 bits per heavy atom. The normalized spacial score (nSPS) is 11.5. The Kier molecular flexibility index (Phi) is 6.54. The summed E-state index contributed by atoms with van der Waals surface area (Å²) < 4.78 is 15.9. The lowest BCUT2D eigenvalue weighted by Crippen LogP contribution is -2.35. The molecule has 1 heterocycles. The Morgan fingerprint density at radius 2 is 2.00 bits per heavy atom. The number of ether oxygens (including phenoxy) is 2. The molecule has 1 N–H and O–H groups in total. The molecule has 7 nitrogen and oxygen atoms in total. The fourth-order valence-electron chi connectivity index (χ4n) is 2.15. The van der Waals surface area contributed by atoms with Crippen molar-refractivity contribution in [3.8, 4) is 5.75 Å². The van der Waals surface area contributed by atoms with Crippen molar-refractivity contribution in [1.82, 2.24) is 10.5 Å². The summed E-state index contributed by atoms with van der Waals surface area (Å²) in [6.45, 7) is 9.33. The Morgan fingerprint density at radius 1 is 1.31 bits per heavy atom. The van der Waals surface area contributed by atoms with Crippen LogP contribution in [0.4, 0.5) is 0 Å². The van der Waals surface area contributed by atoms with Crippen molar-refractivity contribution in [1.29, 1.82) is 0 Å². The van der Waals surface area contributed by atoms with Gasteiger partial charge in [0.2, 0.25) is 0 Å². The maximum Gasteiger partial charge on any atom is 0.338 e. The van der Waals surface area contributed by atoms with E-state index in [4.69, 9.17) is 14.0 Å². The molecule has 1 amide bonds. The Labute approximate surface area is 152 Å². The second-order valence-electron chi connectivity index (χ2n) is 5.70. The van der Waals surface area contributed by atoms with Crippen molar-refractivity contribution < 1.29 is 23.6 Å². The molecule has 1 aromatic carbocycles. The summed E-state index contributed by atoms with van der Waals surface area (Å²) in [7, 11) is 0. The number of aryl methyl sites for hydroxylation is 2. The van der Waals surface area contributed by atoms with E-state index in [0.717, 1.165) is 11.3 Å². The average Bonchev–Trinajstić information content (AvgIpc) is 2.96. The first-order valence-corrected chi connectivity index (χ1v) is 8.16. The standard InChI is InChI=1S/C19H22N2O5/c1-5-10-20-18(22)14(4)25-19(23)15-6-8-16(9-7-15)24-11-17-12(2)21-26-13(17)3/h5-9,14H,1,10-11H2,2-4H3,(H,20,22). The van der Waals surface area contributed by atoms with Crippen LogP contribution >= 0.6 is 0 Å². The van der Waals surface area contributed by atoms with E-state index in [-0.39, 0.29) is 5.91 Å². The summed E-state index contributed by atoms with van der Waals surface area (Å²) in [5.41, 5.74) is 2.01. The summed E-state index contributed by atoms with van der Waals surface area (Å²) in [6.07, 6.45) is 0.659. The zero-order chi connectivity index (χ0) is 19.1. The van der Waals surface area contributed by atoms with Crippen molar-refractivity contribution >= 4 is 11.9 Å². The fourth-order valence-corrected chi connectivity index (χ4v) is 2.15. The van der Waals surface area contributed by atoms with Crippen LogP contribution in [-0.2, 0) is 16.1 Å². The number of carbonyl (C=O) groups excluding carboxylic acids is 2. The van der Waals surface area contributed by atoms with Gasteiger partial charge in [-0.1, -0.05) is 11.2 Å². The van der Waals surface area contributed by atoms with Crippen LogP contribution in [0.15, 0.2) is 41.4 Å². The van der Waals surface area contributed by atoms with Gasteiger partial charge in [-0.2, -0.15) is 0 Å². The van der Waals surface area contributed by atoms with Crippen LogP contribution < -0.4 is 10.1 Å². The summed E-state index contributed by atoms with van der Waals surface area (Å²) in [6, 6.07) is 6.49. The minimum absolute atomic E-state index is 0.317. The van der Waals surface area contributed by atoms with Gasteiger partial charge in [0, 0.05) is 6.54 Å². The van der Waals surface area contributed by atoms with E-state index < -0.39 is 12.1 Å². The van der Waals surface area contributed by atoms with E-state index in [9.17, 15) is 9.59 Å². The second-order valence-corrected chi connectivity index (χ2v) is 5.70. The zero-order valence-electron chi connectivity index (χ0n) is 15.1. The molecule has 0 spiro atoms. The minimum atomic E-state index is -0.891. The van der Waals surface area contributed by atoms with Crippen molar-refractivity contribution in [2.75, 3.05) is 6.54 Å². The van der Waals surface area contributed by atoms with Crippen molar-refractivity contribution in [2.45, 2.75) is 33.5 Å². The molecule has 2 rings (SSSR count). The monoisotopic (exact) mass is 358 g/mol. The third-order valence-electron chi connectivity index (χ3n) is 3.73. The lowest BCUT2D eigenvalue weighted by atomic mass is 10.2. The summed E-state index contributed by atoms with van der Waals surface area (Å²) in [5, 5.41) is 6.44. The second kappa shape index (κ2) is 8.84. The molecule has 0 saturated heterocycles. The van der Waals surface area contributed by atoms with E-state index in [0.29, 0.717) is 30.2 Å². The average molecular weight is 358 g/mol. The van der Waals surface area contributed by atoms with Crippen LogP contribution in [0.1, 0.15) is 34.3 Å². The number of amides is 1. The molecule has 1 atom stereocenters. The van der Waals surface area contributed by atoms with Crippen LogP contribution in [0.3, 0.4) is 0 Å². The van der Waals surface area contributed by atoms with Crippen LogP contribution in [0, 0.1) is 13.8 Å². The van der Waals surface area contributed by atoms with Gasteiger partial charge in [0.1, 0.15) is 18.1 Å².